The lowest BCUT2D eigenvalue weighted by atomic mass is 10.1. The number of carbonyl (C=O) groups is 1. The molecule has 0 fully saturated rings. The van der Waals surface area contributed by atoms with Crippen molar-refractivity contribution in [1.82, 2.24) is 20.2 Å². The molecular formula is C16H24Cl2N4O. The Kier molecular flexibility index (Phi) is 11.1. The maximum Gasteiger partial charge on any atom is 0.220 e. The van der Waals surface area contributed by atoms with E-state index in [1.807, 2.05) is 29.9 Å². The Bertz CT molecular complexity index is 561. The fraction of sp³-hybridized carbons (Fsp3) is 0.375. The van der Waals surface area contributed by atoms with Crippen LogP contribution in [0.5, 0.6) is 0 Å². The first-order chi connectivity index (χ1) is 10.3. The third-order valence-electron chi connectivity index (χ3n) is 3.34. The number of amides is 1. The van der Waals surface area contributed by atoms with Crippen molar-refractivity contribution in [3.05, 3.63) is 54.1 Å². The van der Waals surface area contributed by atoms with Crippen LogP contribution in [0.25, 0.3) is 0 Å². The van der Waals surface area contributed by atoms with Gasteiger partial charge in [0.15, 0.2) is 0 Å². The van der Waals surface area contributed by atoms with E-state index >= 15 is 0 Å². The highest BCUT2D eigenvalue weighted by molar-refractivity contribution is 5.85. The minimum absolute atomic E-state index is 0. The fourth-order valence-electron chi connectivity index (χ4n) is 2.17. The van der Waals surface area contributed by atoms with Crippen LogP contribution >= 0.6 is 24.8 Å². The molecule has 1 amide bonds. The van der Waals surface area contributed by atoms with Gasteiger partial charge in [0.2, 0.25) is 5.91 Å². The molecule has 0 radical (unpaired) electrons. The first-order valence-corrected chi connectivity index (χ1v) is 7.23. The van der Waals surface area contributed by atoms with E-state index in [-0.39, 0.29) is 30.7 Å². The summed E-state index contributed by atoms with van der Waals surface area (Å²) in [5, 5.41) is 6.03. The Labute approximate surface area is 149 Å². The van der Waals surface area contributed by atoms with Crippen molar-refractivity contribution in [2.45, 2.75) is 25.9 Å². The molecule has 1 aromatic carbocycles. The average molecular weight is 359 g/mol. The molecule has 0 spiro atoms. The van der Waals surface area contributed by atoms with E-state index in [0.29, 0.717) is 13.0 Å². The van der Waals surface area contributed by atoms with E-state index in [9.17, 15) is 4.79 Å². The minimum atomic E-state index is 0. The highest BCUT2D eigenvalue weighted by Crippen LogP contribution is 2.10. The quantitative estimate of drug-likeness (QED) is 0.712. The number of rotatable bonds is 8. The summed E-state index contributed by atoms with van der Waals surface area (Å²) >= 11 is 0. The summed E-state index contributed by atoms with van der Waals surface area (Å²) in [7, 11) is 1.89. The predicted octanol–water partition coefficient (Wildman–Crippen LogP) is 2.39. The number of benzene rings is 1. The van der Waals surface area contributed by atoms with Gasteiger partial charge in [0.25, 0.3) is 0 Å². The third kappa shape index (κ3) is 7.50. The van der Waals surface area contributed by atoms with Crippen LogP contribution in [0.1, 0.15) is 24.0 Å². The van der Waals surface area contributed by atoms with Gasteiger partial charge in [-0.25, -0.2) is 4.98 Å². The molecule has 2 rings (SSSR count). The Morgan fingerprint density at radius 1 is 1.22 bits per heavy atom. The molecule has 0 saturated carbocycles. The summed E-state index contributed by atoms with van der Waals surface area (Å²) in [5.41, 5.74) is 2.35. The zero-order valence-corrected chi connectivity index (χ0v) is 14.8. The van der Waals surface area contributed by atoms with Gasteiger partial charge in [0, 0.05) is 31.9 Å². The van der Waals surface area contributed by atoms with Crippen molar-refractivity contribution in [2.75, 3.05) is 13.6 Å². The third-order valence-corrected chi connectivity index (χ3v) is 3.34. The van der Waals surface area contributed by atoms with Gasteiger partial charge in [0.05, 0.1) is 6.33 Å². The number of nitrogens with zero attached hydrogens (tertiary/aromatic N) is 2. The number of imidazole rings is 1. The smallest absolute Gasteiger partial charge is 0.220 e. The summed E-state index contributed by atoms with van der Waals surface area (Å²) in [6, 6.07) is 8.16. The Morgan fingerprint density at radius 3 is 2.61 bits per heavy atom. The first-order valence-electron chi connectivity index (χ1n) is 7.23. The lowest BCUT2D eigenvalue weighted by Crippen LogP contribution is -2.24. The van der Waals surface area contributed by atoms with Crippen molar-refractivity contribution in [3.8, 4) is 0 Å². The summed E-state index contributed by atoms with van der Waals surface area (Å²) in [6.07, 6.45) is 6.93. The van der Waals surface area contributed by atoms with Crippen LogP contribution in [0.3, 0.4) is 0 Å². The number of hydrogen-bond donors (Lipinski definition) is 2. The van der Waals surface area contributed by atoms with Crippen molar-refractivity contribution >= 4 is 30.7 Å². The molecule has 0 aliphatic heterocycles. The maximum absolute atomic E-state index is 11.8. The standard InChI is InChI=1S/C16H22N4O.2ClH/c1-17-8-4-7-16(21)19-11-14-5-2-3-6-15(14)12-20-10-9-18-13-20;;/h2-3,5-6,9-10,13,17H,4,7-8,11-12H2,1H3,(H,19,21);2*1H. The van der Waals surface area contributed by atoms with Crippen LogP contribution in [-0.2, 0) is 17.9 Å². The molecule has 0 unspecified atom stereocenters. The molecule has 0 atom stereocenters. The van der Waals surface area contributed by atoms with Gasteiger partial charge in [-0.2, -0.15) is 0 Å². The maximum atomic E-state index is 11.8. The van der Waals surface area contributed by atoms with E-state index in [4.69, 9.17) is 0 Å². The van der Waals surface area contributed by atoms with Crippen LogP contribution in [0.2, 0.25) is 0 Å². The molecule has 0 aliphatic carbocycles. The molecule has 0 bridgehead atoms. The second-order valence-electron chi connectivity index (χ2n) is 4.99. The van der Waals surface area contributed by atoms with E-state index in [0.717, 1.165) is 25.1 Å². The Morgan fingerprint density at radius 2 is 1.96 bits per heavy atom. The summed E-state index contributed by atoms with van der Waals surface area (Å²) in [5.74, 6) is 0.0997. The van der Waals surface area contributed by atoms with Crippen LogP contribution in [0, 0.1) is 0 Å². The van der Waals surface area contributed by atoms with Gasteiger partial charge in [-0.3, -0.25) is 4.79 Å². The predicted molar refractivity (Wildman–Crippen MR) is 97.3 cm³/mol. The first kappa shape index (κ1) is 21.4. The molecule has 23 heavy (non-hydrogen) atoms. The van der Waals surface area contributed by atoms with Gasteiger partial charge < -0.3 is 15.2 Å². The van der Waals surface area contributed by atoms with Gasteiger partial charge in [-0.15, -0.1) is 24.8 Å². The highest BCUT2D eigenvalue weighted by Gasteiger charge is 2.05. The number of nitrogens with one attached hydrogen (secondary N) is 2. The summed E-state index contributed by atoms with van der Waals surface area (Å²) in [4.78, 5) is 15.8. The molecule has 1 heterocycles. The molecule has 0 saturated heterocycles. The zero-order chi connectivity index (χ0) is 14.9. The second kappa shape index (κ2) is 11.9. The molecule has 2 aromatic rings. The zero-order valence-electron chi connectivity index (χ0n) is 13.2. The van der Waals surface area contributed by atoms with Crippen LogP contribution < -0.4 is 10.6 Å². The Balaban J connectivity index is 0.00000242. The van der Waals surface area contributed by atoms with Gasteiger partial charge >= 0.3 is 0 Å². The van der Waals surface area contributed by atoms with Crippen molar-refractivity contribution in [1.29, 1.82) is 0 Å². The van der Waals surface area contributed by atoms with Crippen LogP contribution in [-0.4, -0.2) is 29.1 Å². The van der Waals surface area contributed by atoms with Crippen LogP contribution in [0.15, 0.2) is 43.0 Å². The highest BCUT2D eigenvalue weighted by atomic mass is 35.5. The molecular weight excluding hydrogens is 335 g/mol. The fourth-order valence-corrected chi connectivity index (χ4v) is 2.17. The lowest BCUT2D eigenvalue weighted by Gasteiger charge is -2.11. The van der Waals surface area contributed by atoms with E-state index < -0.39 is 0 Å². The topological polar surface area (TPSA) is 59.0 Å². The van der Waals surface area contributed by atoms with E-state index in [1.54, 1.807) is 12.5 Å². The average Bonchev–Trinajstić information content (AvgIpc) is 3.00. The molecule has 7 heteroatoms. The minimum Gasteiger partial charge on any atom is -0.352 e. The lowest BCUT2D eigenvalue weighted by molar-refractivity contribution is -0.121. The summed E-state index contributed by atoms with van der Waals surface area (Å²) in [6.45, 7) is 2.21. The van der Waals surface area contributed by atoms with E-state index in [1.165, 1.54) is 5.56 Å². The molecule has 128 valence electrons. The molecule has 1 aromatic heterocycles. The van der Waals surface area contributed by atoms with Crippen LogP contribution in [0.4, 0.5) is 0 Å². The SMILES string of the molecule is CNCCCC(=O)NCc1ccccc1Cn1ccnc1.Cl.Cl. The van der Waals surface area contributed by atoms with E-state index in [2.05, 4.69) is 27.8 Å². The molecule has 5 nitrogen and oxygen atoms in total. The van der Waals surface area contributed by atoms with Crippen molar-refractivity contribution < 1.29 is 4.79 Å². The number of halogens is 2. The van der Waals surface area contributed by atoms with Gasteiger partial charge in [-0.05, 0) is 31.1 Å². The second-order valence-corrected chi connectivity index (χ2v) is 4.99. The van der Waals surface area contributed by atoms with Crippen molar-refractivity contribution in [3.63, 3.8) is 0 Å². The number of hydrogen-bond acceptors (Lipinski definition) is 3. The monoisotopic (exact) mass is 358 g/mol. The van der Waals surface area contributed by atoms with Gasteiger partial charge in [-0.1, -0.05) is 24.3 Å². The normalized spacial score (nSPS) is 9.61. The molecule has 0 aliphatic rings. The number of carbonyl (C=O) groups excluding carboxylic acids is 1. The Hall–Kier alpha value is -1.56. The van der Waals surface area contributed by atoms with Crippen molar-refractivity contribution in [2.24, 2.45) is 0 Å². The number of aromatic nitrogens is 2. The largest absolute Gasteiger partial charge is 0.352 e. The van der Waals surface area contributed by atoms with Gasteiger partial charge in [0.1, 0.15) is 0 Å². The molecule has 2 N–H and O–H groups in total. The summed E-state index contributed by atoms with van der Waals surface area (Å²) < 4.78 is 2.02.